The van der Waals surface area contributed by atoms with E-state index >= 15 is 0 Å². The van der Waals surface area contributed by atoms with Crippen molar-refractivity contribution in [1.82, 2.24) is 5.32 Å². The Morgan fingerprint density at radius 2 is 2.20 bits per heavy atom. The highest BCUT2D eigenvalue weighted by Gasteiger charge is 2.58. The lowest BCUT2D eigenvalue weighted by molar-refractivity contribution is -0.113. The van der Waals surface area contributed by atoms with E-state index in [9.17, 15) is 0 Å². The summed E-state index contributed by atoms with van der Waals surface area (Å²) in [4.78, 5) is 0. The van der Waals surface area contributed by atoms with Crippen molar-refractivity contribution in [2.45, 2.75) is 45.9 Å². The van der Waals surface area contributed by atoms with Gasteiger partial charge in [-0.05, 0) is 36.6 Å². The molecule has 0 amide bonds. The van der Waals surface area contributed by atoms with E-state index in [2.05, 4.69) is 38.2 Å². The first kappa shape index (κ1) is 13.9. The van der Waals surface area contributed by atoms with Gasteiger partial charge >= 0.3 is 0 Å². The molecular formula is C17H25NO2. The molecule has 1 aliphatic carbocycles. The monoisotopic (exact) mass is 275 g/mol. The van der Waals surface area contributed by atoms with Gasteiger partial charge in [-0.2, -0.15) is 0 Å². The highest BCUT2D eigenvalue weighted by Crippen LogP contribution is 2.52. The first-order valence-corrected chi connectivity index (χ1v) is 7.52. The van der Waals surface area contributed by atoms with Crippen LogP contribution in [-0.2, 0) is 11.3 Å². The summed E-state index contributed by atoms with van der Waals surface area (Å²) in [6.07, 6.45) is 1.66. The lowest BCUT2D eigenvalue weighted by atomic mass is 9.57. The molecule has 1 aromatic carbocycles. The van der Waals surface area contributed by atoms with E-state index in [4.69, 9.17) is 9.47 Å². The van der Waals surface area contributed by atoms with Gasteiger partial charge in [0.05, 0.1) is 13.2 Å². The van der Waals surface area contributed by atoms with Crippen molar-refractivity contribution in [3.05, 3.63) is 29.3 Å². The van der Waals surface area contributed by atoms with Crippen LogP contribution in [0.5, 0.6) is 5.75 Å². The molecule has 1 saturated heterocycles. The molecule has 0 radical (unpaired) electrons. The van der Waals surface area contributed by atoms with E-state index in [-0.39, 0.29) is 5.41 Å². The van der Waals surface area contributed by atoms with Crippen LogP contribution in [0.2, 0.25) is 0 Å². The topological polar surface area (TPSA) is 30.5 Å². The maximum Gasteiger partial charge on any atom is 0.119 e. The number of aryl methyl sites for hydroxylation is 1. The summed E-state index contributed by atoms with van der Waals surface area (Å²) in [5, 5.41) is 3.75. The van der Waals surface area contributed by atoms with Crippen molar-refractivity contribution < 1.29 is 9.47 Å². The van der Waals surface area contributed by atoms with Crippen molar-refractivity contribution in [3.63, 3.8) is 0 Å². The molecule has 2 aliphatic rings. The van der Waals surface area contributed by atoms with E-state index in [1.807, 2.05) is 6.07 Å². The molecule has 3 atom stereocenters. The summed E-state index contributed by atoms with van der Waals surface area (Å²) in [7, 11) is 1.71. The van der Waals surface area contributed by atoms with Crippen molar-refractivity contribution in [2.75, 3.05) is 13.7 Å². The summed E-state index contributed by atoms with van der Waals surface area (Å²) in [5.74, 6) is 1.63. The van der Waals surface area contributed by atoms with Gasteiger partial charge in [0.2, 0.25) is 0 Å². The smallest absolute Gasteiger partial charge is 0.119 e. The molecule has 3 heteroatoms. The van der Waals surface area contributed by atoms with Gasteiger partial charge < -0.3 is 14.8 Å². The van der Waals surface area contributed by atoms with Gasteiger partial charge in [-0.1, -0.05) is 19.9 Å². The number of benzene rings is 1. The molecule has 2 fully saturated rings. The Balaban J connectivity index is 1.65. The van der Waals surface area contributed by atoms with Crippen molar-refractivity contribution in [3.8, 4) is 5.75 Å². The fraction of sp³-hybridized carbons (Fsp3) is 0.647. The number of hydrogen-bond acceptors (Lipinski definition) is 3. The second-order valence-electron chi connectivity index (χ2n) is 6.72. The Kier molecular flexibility index (Phi) is 3.51. The molecule has 1 heterocycles. The Morgan fingerprint density at radius 1 is 1.40 bits per heavy atom. The van der Waals surface area contributed by atoms with Crippen LogP contribution in [0.3, 0.4) is 0 Å². The van der Waals surface area contributed by atoms with Crippen LogP contribution in [0, 0.1) is 18.3 Å². The van der Waals surface area contributed by atoms with E-state index < -0.39 is 0 Å². The fourth-order valence-electron chi connectivity index (χ4n) is 3.95. The molecular weight excluding hydrogens is 250 g/mol. The van der Waals surface area contributed by atoms with Gasteiger partial charge in [0.15, 0.2) is 0 Å². The highest BCUT2D eigenvalue weighted by molar-refractivity contribution is 5.34. The zero-order valence-corrected chi connectivity index (χ0v) is 12.9. The number of hydrogen-bond donors (Lipinski definition) is 1. The maximum absolute atomic E-state index is 5.85. The summed E-state index contributed by atoms with van der Waals surface area (Å²) >= 11 is 0. The van der Waals surface area contributed by atoms with Crippen LogP contribution in [0.1, 0.15) is 31.4 Å². The standard InChI is InChI=1S/C17H25NO2/c1-11-9-13(19-4)6-5-12(11)10-18-15-14-7-8-20-16(14)17(15,2)3/h5-6,9,14-16,18H,7-8,10H2,1-4H3. The Labute approximate surface area is 121 Å². The van der Waals surface area contributed by atoms with E-state index in [0.717, 1.165) is 18.9 Å². The number of fused-ring (bicyclic) bond motifs is 1. The fourth-order valence-corrected chi connectivity index (χ4v) is 3.95. The van der Waals surface area contributed by atoms with Crippen LogP contribution in [0.15, 0.2) is 18.2 Å². The molecule has 1 N–H and O–H groups in total. The van der Waals surface area contributed by atoms with Crippen LogP contribution in [0.4, 0.5) is 0 Å². The molecule has 1 saturated carbocycles. The predicted molar refractivity (Wildman–Crippen MR) is 80.0 cm³/mol. The third-order valence-corrected chi connectivity index (χ3v) is 5.16. The first-order valence-electron chi connectivity index (χ1n) is 7.52. The van der Waals surface area contributed by atoms with Crippen LogP contribution >= 0.6 is 0 Å². The first-order chi connectivity index (χ1) is 9.54. The van der Waals surface area contributed by atoms with Crippen LogP contribution in [-0.4, -0.2) is 25.9 Å². The normalized spacial score (nSPS) is 30.7. The molecule has 3 nitrogen and oxygen atoms in total. The molecule has 0 spiro atoms. The van der Waals surface area contributed by atoms with Gasteiger partial charge in [0.25, 0.3) is 0 Å². The van der Waals surface area contributed by atoms with Crippen molar-refractivity contribution in [2.24, 2.45) is 11.3 Å². The number of rotatable bonds is 4. The zero-order chi connectivity index (χ0) is 14.3. The number of nitrogens with one attached hydrogen (secondary N) is 1. The average molecular weight is 275 g/mol. The lowest BCUT2D eigenvalue weighted by Crippen LogP contribution is -2.65. The third-order valence-electron chi connectivity index (χ3n) is 5.16. The van der Waals surface area contributed by atoms with Crippen molar-refractivity contribution >= 4 is 0 Å². The third kappa shape index (κ3) is 2.13. The molecule has 1 aliphatic heterocycles. The Bertz CT molecular complexity index is 498. The second kappa shape index (κ2) is 5.05. The lowest BCUT2D eigenvalue weighted by Gasteiger charge is -2.55. The molecule has 3 unspecified atom stereocenters. The minimum Gasteiger partial charge on any atom is -0.497 e. The van der Waals surface area contributed by atoms with Crippen molar-refractivity contribution in [1.29, 1.82) is 0 Å². The maximum atomic E-state index is 5.85. The molecule has 0 aromatic heterocycles. The molecule has 3 rings (SSSR count). The molecule has 0 bridgehead atoms. The highest BCUT2D eigenvalue weighted by atomic mass is 16.5. The minimum atomic E-state index is 0.252. The molecule has 20 heavy (non-hydrogen) atoms. The largest absolute Gasteiger partial charge is 0.497 e. The number of ether oxygens (including phenoxy) is 2. The summed E-state index contributed by atoms with van der Waals surface area (Å²) in [5.41, 5.74) is 2.89. The van der Waals surface area contributed by atoms with E-state index in [0.29, 0.717) is 18.1 Å². The second-order valence-corrected chi connectivity index (χ2v) is 6.72. The van der Waals surface area contributed by atoms with Crippen LogP contribution < -0.4 is 10.1 Å². The van der Waals surface area contributed by atoms with Gasteiger partial charge in [0, 0.05) is 30.5 Å². The van der Waals surface area contributed by atoms with Gasteiger partial charge in [-0.15, -0.1) is 0 Å². The van der Waals surface area contributed by atoms with E-state index in [1.165, 1.54) is 17.5 Å². The van der Waals surface area contributed by atoms with Gasteiger partial charge in [0.1, 0.15) is 5.75 Å². The summed E-state index contributed by atoms with van der Waals surface area (Å²) in [6.45, 7) is 8.63. The Morgan fingerprint density at radius 3 is 2.90 bits per heavy atom. The van der Waals surface area contributed by atoms with Gasteiger partial charge in [-0.25, -0.2) is 0 Å². The van der Waals surface area contributed by atoms with E-state index in [1.54, 1.807) is 7.11 Å². The average Bonchev–Trinajstić information content (AvgIpc) is 2.87. The zero-order valence-electron chi connectivity index (χ0n) is 12.9. The van der Waals surface area contributed by atoms with Gasteiger partial charge in [-0.3, -0.25) is 0 Å². The molecule has 110 valence electrons. The SMILES string of the molecule is COc1ccc(CNC2C3CCOC3C2(C)C)c(C)c1. The van der Waals surface area contributed by atoms with Crippen LogP contribution in [0.25, 0.3) is 0 Å². The summed E-state index contributed by atoms with van der Waals surface area (Å²) in [6, 6.07) is 6.87. The minimum absolute atomic E-state index is 0.252. The number of methoxy groups -OCH3 is 1. The predicted octanol–water partition coefficient (Wildman–Crippen LogP) is 2.91. The Hall–Kier alpha value is -1.06. The quantitative estimate of drug-likeness (QED) is 0.916. The summed E-state index contributed by atoms with van der Waals surface area (Å²) < 4.78 is 11.1. The molecule has 1 aromatic rings.